The number of aldehydes is 1. The summed E-state index contributed by atoms with van der Waals surface area (Å²) >= 11 is 3.47. The van der Waals surface area contributed by atoms with E-state index in [2.05, 4.69) is 50.0 Å². The first-order valence-corrected chi connectivity index (χ1v) is 9.14. The monoisotopic (exact) mass is 395 g/mol. The molecule has 4 rings (SSSR count). The minimum absolute atomic E-state index is 0.652. The Bertz CT molecular complexity index is 905. The SMILES string of the molecule is O=Cc1cc2cc(Br)ccc2nc1N1CCN(c2ccccc2)CC1. The topological polar surface area (TPSA) is 36.4 Å². The number of hydrogen-bond donors (Lipinski definition) is 0. The highest BCUT2D eigenvalue weighted by atomic mass is 79.9. The van der Waals surface area contributed by atoms with Crippen molar-refractivity contribution in [2.24, 2.45) is 0 Å². The van der Waals surface area contributed by atoms with Gasteiger partial charge >= 0.3 is 0 Å². The summed E-state index contributed by atoms with van der Waals surface area (Å²) in [7, 11) is 0. The van der Waals surface area contributed by atoms with E-state index in [4.69, 9.17) is 4.98 Å². The summed E-state index contributed by atoms with van der Waals surface area (Å²) < 4.78 is 0.989. The van der Waals surface area contributed by atoms with Crippen LogP contribution in [0.4, 0.5) is 11.5 Å². The second-order valence-corrected chi connectivity index (χ2v) is 7.08. The molecule has 0 unspecified atom stereocenters. The molecule has 2 aromatic carbocycles. The predicted molar refractivity (Wildman–Crippen MR) is 106 cm³/mol. The minimum atomic E-state index is 0.652. The van der Waals surface area contributed by atoms with Crippen LogP contribution in [0.2, 0.25) is 0 Å². The molecule has 0 aliphatic carbocycles. The van der Waals surface area contributed by atoms with Crippen molar-refractivity contribution in [1.82, 2.24) is 4.98 Å². The largest absolute Gasteiger partial charge is 0.368 e. The van der Waals surface area contributed by atoms with E-state index in [1.165, 1.54) is 5.69 Å². The maximum atomic E-state index is 11.6. The summed E-state index contributed by atoms with van der Waals surface area (Å²) in [6.07, 6.45) is 0.909. The van der Waals surface area contributed by atoms with Crippen molar-refractivity contribution in [3.63, 3.8) is 0 Å². The van der Waals surface area contributed by atoms with Gasteiger partial charge in [-0.15, -0.1) is 0 Å². The van der Waals surface area contributed by atoms with Crippen molar-refractivity contribution in [2.45, 2.75) is 0 Å². The summed E-state index contributed by atoms with van der Waals surface area (Å²) in [6.45, 7) is 3.54. The normalized spacial score (nSPS) is 14.8. The number of fused-ring (bicyclic) bond motifs is 1. The van der Waals surface area contributed by atoms with Gasteiger partial charge in [0.05, 0.1) is 11.1 Å². The van der Waals surface area contributed by atoms with E-state index in [1.54, 1.807) is 0 Å². The Hall–Kier alpha value is -2.40. The van der Waals surface area contributed by atoms with E-state index in [9.17, 15) is 4.79 Å². The number of halogens is 1. The molecule has 1 saturated heterocycles. The number of benzene rings is 2. The highest BCUT2D eigenvalue weighted by Gasteiger charge is 2.21. The first-order chi connectivity index (χ1) is 12.2. The molecule has 1 aliphatic rings. The molecule has 4 nitrogen and oxygen atoms in total. The number of rotatable bonds is 3. The van der Waals surface area contributed by atoms with Crippen molar-refractivity contribution in [3.8, 4) is 0 Å². The van der Waals surface area contributed by atoms with E-state index in [1.807, 2.05) is 30.3 Å². The first kappa shape index (κ1) is 16.1. The van der Waals surface area contributed by atoms with Gasteiger partial charge < -0.3 is 9.80 Å². The summed E-state index contributed by atoms with van der Waals surface area (Å²) in [5.74, 6) is 0.789. The standard InChI is InChI=1S/C20H18BrN3O/c21-17-6-7-19-15(13-17)12-16(14-25)20(22-19)24-10-8-23(9-11-24)18-4-2-1-3-5-18/h1-7,12-14H,8-11H2. The van der Waals surface area contributed by atoms with Gasteiger partial charge in [-0.05, 0) is 36.4 Å². The summed E-state index contributed by atoms with van der Waals surface area (Å²) in [6, 6.07) is 18.3. The van der Waals surface area contributed by atoms with E-state index in [-0.39, 0.29) is 0 Å². The van der Waals surface area contributed by atoms with Crippen molar-refractivity contribution in [2.75, 3.05) is 36.0 Å². The second-order valence-electron chi connectivity index (χ2n) is 6.17. The van der Waals surface area contributed by atoms with Gasteiger partial charge in [0.1, 0.15) is 5.82 Å². The van der Waals surface area contributed by atoms with Crippen LogP contribution in [0.3, 0.4) is 0 Å². The molecule has 0 amide bonds. The Balaban J connectivity index is 1.60. The van der Waals surface area contributed by atoms with Gasteiger partial charge in [-0.2, -0.15) is 0 Å². The van der Waals surface area contributed by atoms with E-state index >= 15 is 0 Å². The average molecular weight is 396 g/mol. The Labute approximate surface area is 155 Å². The summed E-state index contributed by atoms with van der Waals surface area (Å²) in [5, 5.41) is 0.975. The Morgan fingerprint density at radius 3 is 2.36 bits per heavy atom. The number of para-hydroxylation sites is 1. The molecule has 0 spiro atoms. The van der Waals surface area contributed by atoms with Crippen LogP contribution >= 0.6 is 15.9 Å². The Morgan fingerprint density at radius 2 is 1.64 bits per heavy atom. The smallest absolute Gasteiger partial charge is 0.153 e. The van der Waals surface area contributed by atoms with Gasteiger partial charge in [-0.25, -0.2) is 4.98 Å². The zero-order valence-corrected chi connectivity index (χ0v) is 15.3. The van der Waals surface area contributed by atoms with Crippen LogP contribution in [-0.4, -0.2) is 37.4 Å². The van der Waals surface area contributed by atoms with E-state index in [0.717, 1.165) is 53.7 Å². The van der Waals surface area contributed by atoms with Gasteiger partial charge in [0.25, 0.3) is 0 Å². The fraction of sp³-hybridized carbons (Fsp3) is 0.200. The number of aromatic nitrogens is 1. The molecule has 5 heteroatoms. The van der Waals surface area contributed by atoms with Crippen LogP contribution in [0.5, 0.6) is 0 Å². The molecule has 1 aromatic heterocycles. The zero-order valence-electron chi connectivity index (χ0n) is 13.7. The second kappa shape index (κ2) is 6.84. The highest BCUT2D eigenvalue weighted by molar-refractivity contribution is 9.10. The molecule has 0 radical (unpaired) electrons. The Morgan fingerprint density at radius 1 is 0.920 bits per heavy atom. The van der Waals surface area contributed by atoms with Gasteiger partial charge in [0, 0.05) is 41.7 Å². The highest BCUT2D eigenvalue weighted by Crippen LogP contribution is 2.26. The van der Waals surface area contributed by atoms with Crippen LogP contribution in [0.1, 0.15) is 10.4 Å². The molecule has 3 aromatic rings. The molecule has 0 bridgehead atoms. The molecule has 0 saturated carbocycles. The van der Waals surface area contributed by atoms with Crippen LogP contribution < -0.4 is 9.80 Å². The lowest BCUT2D eigenvalue weighted by Crippen LogP contribution is -2.47. The number of hydrogen-bond acceptors (Lipinski definition) is 4. The fourth-order valence-corrected chi connectivity index (χ4v) is 3.69. The molecule has 25 heavy (non-hydrogen) atoms. The lowest BCUT2D eigenvalue weighted by molar-refractivity contribution is 0.112. The third kappa shape index (κ3) is 3.24. The zero-order chi connectivity index (χ0) is 17.2. The lowest BCUT2D eigenvalue weighted by atomic mass is 10.1. The number of piperazine rings is 1. The fourth-order valence-electron chi connectivity index (χ4n) is 3.31. The minimum Gasteiger partial charge on any atom is -0.368 e. The van der Waals surface area contributed by atoms with Crippen molar-refractivity contribution in [3.05, 3.63) is 64.6 Å². The lowest BCUT2D eigenvalue weighted by Gasteiger charge is -2.37. The first-order valence-electron chi connectivity index (χ1n) is 8.35. The summed E-state index contributed by atoms with van der Waals surface area (Å²) in [5.41, 5.74) is 2.81. The Kier molecular flexibility index (Phi) is 4.40. The molecule has 2 heterocycles. The van der Waals surface area contributed by atoms with Gasteiger partial charge in [0.15, 0.2) is 6.29 Å². The van der Waals surface area contributed by atoms with Gasteiger partial charge in [-0.3, -0.25) is 4.79 Å². The average Bonchev–Trinajstić information content (AvgIpc) is 2.67. The van der Waals surface area contributed by atoms with Crippen LogP contribution in [0.15, 0.2) is 59.1 Å². The maximum Gasteiger partial charge on any atom is 0.153 e. The van der Waals surface area contributed by atoms with Crippen LogP contribution in [0, 0.1) is 0 Å². The number of carbonyl (C=O) groups excluding carboxylic acids is 1. The van der Waals surface area contributed by atoms with Gasteiger partial charge in [0.2, 0.25) is 0 Å². The van der Waals surface area contributed by atoms with Crippen LogP contribution in [0.25, 0.3) is 10.9 Å². The van der Waals surface area contributed by atoms with Crippen molar-refractivity contribution < 1.29 is 4.79 Å². The molecule has 0 N–H and O–H groups in total. The van der Waals surface area contributed by atoms with Crippen molar-refractivity contribution >= 4 is 44.6 Å². The number of pyridine rings is 1. The van der Waals surface area contributed by atoms with E-state index < -0.39 is 0 Å². The third-order valence-corrected chi connectivity index (χ3v) is 5.11. The number of nitrogens with zero attached hydrogens (tertiary/aromatic N) is 3. The predicted octanol–water partition coefficient (Wildman–Crippen LogP) is 4.14. The van der Waals surface area contributed by atoms with Crippen molar-refractivity contribution in [1.29, 1.82) is 0 Å². The molecule has 0 atom stereocenters. The third-order valence-electron chi connectivity index (χ3n) is 4.61. The molecular weight excluding hydrogens is 378 g/mol. The molecule has 1 fully saturated rings. The van der Waals surface area contributed by atoms with E-state index in [0.29, 0.717) is 5.56 Å². The number of anilines is 2. The molecule has 1 aliphatic heterocycles. The molecular formula is C20H18BrN3O. The number of carbonyl (C=O) groups is 1. The maximum absolute atomic E-state index is 11.6. The van der Waals surface area contributed by atoms with Gasteiger partial charge in [-0.1, -0.05) is 34.1 Å². The quantitative estimate of drug-likeness (QED) is 0.624. The molecule has 126 valence electrons. The van der Waals surface area contributed by atoms with Crippen LogP contribution in [-0.2, 0) is 0 Å². The summed E-state index contributed by atoms with van der Waals surface area (Å²) in [4.78, 5) is 20.9.